The van der Waals surface area contributed by atoms with Gasteiger partial charge in [-0.3, -0.25) is 14.6 Å². The number of carbonyl (C=O) groups excluding carboxylic acids is 2. The number of nitrogens with one attached hydrogen (secondary N) is 2. The van der Waals surface area contributed by atoms with Crippen LogP contribution in [-0.4, -0.2) is 22.8 Å². The van der Waals surface area contributed by atoms with Gasteiger partial charge in [-0.15, -0.1) is 0 Å². The lowest BCUT2D eigenvalue weighted by Crippen LogP contribution is -2.47. The Hall–Kier alpha value is -2.40. The van der Waals surface area contributed by atoms with Gasteiger partial charge in [0.25, 0.3) is 5.91 Å². The number of pyridine rings is 1. The molecule has 0 radical (unpaired) electrons. The molecule has 1 heterocycles. The van der Waals surface area contributed by atoms with Gasteiger partial charge in [-0.1, -0.05) is 43.6 Å². The van der Waals surface area contributed by atoms with Gasteiger partial charge < -0.3 is 10.6 Å². The van der Waals surface area contributed by atoms with E-state index in [1.54, 1.807) is 36.7 Å². The lowest BCUT2D eigenvalue weighted by Gasteiger charge is -2.20. The highest BCUT2D eigenvalue weighted by Gasteiger charge is 2.23. The highest BCUT2D eigenvalue weighted by molar-refractivity contribution is 6.33. The molecular weight excluding hydrogens is 338 g/mol. The zero-order valence-corrected chi connectivity index (χ0v) is 15.1. The van der Waals surface area contributed by atoms with Crippen LogP contribution in [0.1, 0.15) is 36.2 Å². The summed E-state index contributed by atoms with van der Waals surface area (Å²) in [4.78, 5) is 29.0. The zero-order chi connectivity index (χ0) is 18.2. The van der Waals surface area contributed by atoms with Crippen molar-refractivity contribution in [2.75, 3.05) is 0 Å². The lowest BCUT2D eigenvalue weighted by molar-refractivity contribution is -0.123. The van der Waals surface area contributed by atoms with Crippen LogP contribution in [0.3, 0.4) is 0 Å². The molecule has 2 N–H and O–H groups in total. The van der Waals surface area contributed by atoms with Crippen LogP contribution in [0.25, 0.3) is 0 Å². The first kappa shape index (κ1) is 18.9. The summed E-state index contributed by atoms with van der Waals surface area (Å²) in [5, 5.41) is 6.00. The number of halogens is 1. The molecule has 25 heavy (non-hydrogen) atoms. The Morgan fingerprint density at radius 3 is 2.56 bits per heavy atom. The molecule has 6 heteroatoms. The Labute approximate surface area is 152 Å². The van der Waals surface area contributed by atoms with Crippen LogP contribution in [0.5, 0.6) is 0 Å². The monoisotopic (exact) mass is 359 g/mol. The number of carbonyl (C=O) groups is 2. The normalized spacial score (nSPS) is 11.8. The standard InChI is InChI=1S/C19H22ClN3O2/c1-13(2)10-17(19(25)22-12-14-6-5-9-21-11-14)23-18(24)15-7-3-4-8-16(15)20/h3-9,11,13,17H,10,12H2,1-2H3,(H,22,25)(H,23,24)/t17-/m0/s1. The average molecular weight is 360 g/mol. The molecule has 1 aromatic carbocycles. The van der Waals surface area contributed by atoms with E-state index in [0.717, 1.165) is 5.56 Å². The summed E-state index contributed by atoms with van der Waals surface area (Å²) in [6.07, 6.45) is 3.91. The molecule has 1 atom stereocenters. The van der Waals surface area contributed by atoms with Crippen LogP contribution >= 0.6 is 11.6 Å². The first-order valence-corrected chi connectivity index (χ1v) is 8.57. The van der Waals surface area contributed by atoms with Crippen LogP contribution in [-0.2, 0) is 11.3 Å². The fourth-order valence-electron chi connectivity index (χ4n) is 2.40. The third-order valence-corrected chi connectivity index (χ3v) is 3.97. The van der Waals surface area contributed by atoms with Gasteiger partial charge in [0.15, 0.2) is 0 Å². The van der Waals surface area contributed by atoms with Gasteiger partial charge in [-0.05, 0) is 36.1 Å². The van der Waals surface area contributed by atoms with Crippen molar-refractivity contribution in [3.63, 3.8) is 0 Å². The largest absolute Gasteiger partial charge is 0.350 e. The van der Waals surface area contributed by atoms with Crippen molar-refractivity contribution >= 4 is 23.4 Å². The van der Waals surface area contributed by atoms with Crippen LogP contribution in [0.2, 0.25) is 5.02 Å². The first-order chi connectivity index (χ1) is 12.0. The van der Waals surface area contributed by atoms with Gasteiger partial charge in [0, 0.05) is 18.9 Å². The van der Waals surface area contributed by atoms with Crippen molar-refractivity contribution in [2.45, 2.75) is 32.9 Å². The Morgan fingerprint density at radius 2 is 1.92 bits per heavy atom. The van der Waals surface area contributed by atoms with Gasteiger partial charge in [0.05, 0.1) is 10.6 Å². The van der Waals surface area contributed by atoms with Crippen molar-refractivity contribution < 1.29 is 9.59 Å². The topological polar surface area (TPSA) is 71.1 Å². The Balaban J connectivity index is 2.03. The summed E-state index contributed by atoms with van der Waals surface area (Å²) in [5.74, 6) is -0.327. The van der Waals surface area contributed by atoms with Gasteiger partial charge >= 0.3 is 0 Å². The number of hydrogen-bond donors (Lipinski definition) is 2. The maximum atomic E-state index is 12.5. The average Bonchev–Trinajstić information content (AvgIpc) is 2.60. The summed E-state index contributed by atoms with van der Waals surface area (Å²) < 4.78 is 0. The second-order valence-electron chi connectivity index (χ2n) is 6.21. The number of nitrogens with zero attached hydrogens (tertiary/aromatic N) is 1. The molecule has 132 valence electrons. The zero-order valence-electron chi connectivity index (χ0n) is 14.3. The summed E-state index contributed by atoms with van der Waals surface area (Å²) in [7, 11) is 0. The second kappa shape index (κ2) is 9.18. The summed E-state index contributed by atoms with van der Waals surface area (Å²) in [6.45, 7) is 4.37. The third-order valence-electron chi connectivity index (χ3n) is 3.64. The smallest absolute Gasteiger partial charge is 0.253 e. The van der Waals surface area contributed by atoms with Gasteiger partial charge in [0.1, 0.15) is 6.04 Å². The van der Waals surface area contributed by atoms with E-state index in [-0.39, 0.29) is 17.7 Å². The Kier molecular flexibility index (Phi) is 6.95. The van der Waals surface area contributed by atoms with Crippen molar-refractivity contribution in [3.05, 3.63) is 64.9 Å². The summed E-state index contributed by atoms with van der Waals surface area (Å²) in [6, 6.07) is 9.85. The quantitative estimate of drug-likeness (QED) is 0.797. The molecule has 5 nitrogen and oxygen atoms in total. The van der Waals surface area contributed by atoms with E-state index in [2.05, 4.69) is 15.6 Å². The van der Waals surface area contributed by atoms with Gasteiger partial charge in [-0.25, -0.2) is 0 Å². The number of benzene rings is 1. The predicted molar refractivity (Wildman–Crippen MR) is 98.2 cm³/mol. The van der Waals surface area contributed by atoms with Gasteiger partial charge in [0.2, 0.25) is 5.91 Å². The maximum Gasteiger partial charge on any atom is 0.253 e. The first-order valence-electron chi connectivity index (χ1n) is 8.19. The minimum Gasteiger partial charge on any atom is -0.350 e. The van der Waals surface area contributed by atoms with Gasteiger partial charge in [-0.2, -0.15) is 0 Å². The molecule has 0 saturated carbocycles. The van der Waals surface area contributed by atoms with Crippen molar-refractivity contribution in [3.8, 4) is 0 Å². The van der Waals surface area contributed by atoms with E-state index in [1.807, 2.05) is 26.0 Å². The molecule has 0 unspecified atom stereocenters. The second-order valence-corrected chi connectivity index (χ2v) is 6.62. The van der Waals surface area contributed by atoms with Crippen LogP contribution < -0.4 is 10.6 Å². The molecule has 2 aromatic rings. The highest BCUT2D eigenvalue weighted by Crippen LogP contribution is 2.15. The summed E-state index contributed by atoms with van der Waals surface area (Å²) in [5.41, 5.74) is 1.26. The summed E-state index contributed by atoms with van der Waals surface area (Å²) >= 11 is 6.06. The molecule has 2 amide bonds. The third kappa shape index (κ3) is 5.87. The van der Waals surface area contributed by atoms with E-state index < -0.39 is 6.04 Å². The minimum atomic E-state index is -0.625. The maximum absolute atomic E-state index is 12.5. The van der Waals surface area contributed by atoms with Crippen LogP contribution in [0.15, 0.2) is 48.8 Å². The van der Waals surface area contributed by atoms with Crippen molar-refractivity contribution in [1.82, 2.24) is 15.6 Å². The lowest BCUT2D eigenvalue weighted by atomic mass is 10.0. The van der Waals surface area contributed by atoms with Crippen LogP contribution in [0.4, 0.5) is 0 Å². The number of amides is 2. The molecule has 1 aromatic heterocycles. The van der Waals surface area contributed by atoms with Crippen molar-refractivity contribution in [2.24, 2.45) is 5.92 Å². The SMILES string of the molecule is CC(C)C[C@H](NC(=O)c1ccccc1Cl)C(=O)NCc1cccnc1. The predicted octanol–water partition coefficient (Wildman–Crippen LogP) is 3.20. The van der Waals surface area contributed by atoms with E-state index in [9.17, 15) is 9.59 Å². The number of hydrogen-bond acceptors (Lipinski definition) is 3. The number of rotatable bonds is 7. The molecule has 0 aliphatic heterocycles. The molecule has 0 aliphatic rings. The molecular formula is C19H22ClN3O2. The molecule has 0 aliphatic carbocycles. The van der Waals surface area contributed by atoms with E-state index in [0.29, 0.717) is 23.6 Å². The highest BCUT2D eigenvalue weighted by atomic mass is 35.5. The Bertz CT molecular complexity index is 720. The molecule has 0 fully saturated rings. The molecule has 0 saturated heterocycles. The van der Waals surface area contributed by atoms with E-state index in [1.165, 1.54) is 0 Å². The van der Waals surface area contributed by atoms with E-state index in [4.69, 9.17) is 11.6 Å². The van der Waals surface area contributed by atoms with Crippen LogP contribution in [0, 0.1) is 5.92 Å². The molecule has 0 spiro atoms. The number of aromatic nitrogens is 1. The van der Waals surface area contributed by atoms with Crippen molar-refractivity contribution in [1.29, 1.82) is 0 Å². The minimum absolute atomic E-state index is 0.224. The van der Waals surface area contributed by atoms with E-state index >= 15 is 0 Å². The molecule has 2 rings (SSSR count). The molecule has 0 bridgehead atoms. The fraction of sp³-hybridized carbons (Fsp3) is 0.316. The fourth-order valence-corrected chi connectivity index (χ4v) is 2.62. The Morgan fingerprint density at radius 1 is 1.16 bits per heavy atom.